The molecule has 1 aromatic rings. The zero-order valence-corrected chi connectivity index (χ0v) is 12.1. The molecular formula is C15H24N2O2. The second kappa shape index (κ2) is 5.25. The van der Waals surface area contributed by atoms with Gasteiger partial charge in [-0.1, -0.05) is 13.8 Å². The molecule has 0 N–H and O–H groups in total. The van der Waals surface area contributed by atoms with E-state index in [4.69, 9.17) is 9.47 Å². The van der Waals surface area contributed by atoms with Crippen LogP contribution in [0, 0.1) is 17.8 Å². The molecule has 3 rings (SSSR count). The summed E-state index contributed by atoms with van der Waals surface area (Å²) in [5, 5.41) is 0. The van der Waals surface area contributed by atoms with Crippen molar-refractivity contribution < 1.29 is 9.47 Å². The number of hydrogen-bond donors (Lipinski definition) is 0. The van der Waals surface area contributed by atoms with Crippen molar-refractivity contribution >= 4 is 0 Å². The molecule has 1 aromatic heterocycles. The highest BCUT2D eigenvalue weighted by molar-refractivity contribution is 5.01. The van der Waals surface area contributed by atoms with Crippen LogP contribution in [0.15, 0.2) is 12.4 Å². The molecule has 2 aliphatic rings. The first-order valence-corrected chi connectivity index (χ1v) is 7.35. The predicted octanol–water partition coefficient (Wildman–Crippen LogP) is 2.56. The smallest absolute Gasteiger partial charge is 0.137 e. The highest BCUT2D eigenvalue weighted by atomic mass is 16.6. The van der Waals surface area contributed by atoms with Gasteiger partial charge in [0.25, 0.3) is 0 Å². The lowest BCUT2D eigenvalue weighted by Gasteiger charge is -2.38. The van der Waals surface area contributed by atoms with Gasteiger partial charge in [0.05, 0.1) is 19.3 Å². The maximum atomic E-state index is 6.24. The van der Waals surface area contributed by atoms with Crippen LogP contribution < -0.4 is 0 Å². The highest BCUT2D eigenvalue weighted by Gasteiger charge is 2.43. The first-order valence-electron chi connectivity index (χ1n) is 7.35. The average Bonchev–Trinajstić information content (AvgIpc) is 2.96. The Bertz CT molecular complexity index is 430. The molecule has 19 heavy (non-hydrogen) atoms. The summed E-state index contributed by atoms with van der Waals surface area (Å²) in [6.45, 7) is 6.22. The lowest BCUT2D eigenvalue weighted by atomic mass is 9.78. The molecule has 3 heterocycles. The van der Waals surface area contributed by atoms with E-state index >= 15 is 0 Å². The van der Waals surface area contributed by atoms with Gasteiger partial charge in [0.2, 0.25) is 0 Å². The third kappa shape index (κ3) is 2.56. The van der Waals surface area contributed by atoms with Crippen molar-refractivity contribution in [2.75, 3.05) is 13.2 Å². The van der Waals surface area contributed by atoms with Crippen LogP contribution in [0.2, 0.25) is 0 Å². The minimum absolute atomic E-state index is 0.131. The summed E-state index contributed by atoms with van der Waals surface area (Å²) in [6, 6.07) is 0. The van der Waals surface area contributed by atoms with E-state index in [1.54, 1.807) is 0 Å². The van der Waals surface area contributed by atoms with Gasteiger partial charge in [-0.15, -0.1) is 0 Å². The van der Waals surface area contributed by atoms with E-state index in [2.05, 4.69) is 23.4 Å². The number of aromatic nitrogens is 2. The van der Waals surface area contributed by atoms with Crippen LogP contribution in [0.25, 0.3) is 0 Å². The SMILES string of the molecule is CC(C)CC1C[C@H](c2nccn2C)O[C@@H]2COCC12. The second-order valence-electron chi connectivity index (χ2n) is 6.39. The Labute approximate surface area is 115 Å². The van der Waals surface area contributed by atoms with Gasteiger partial charge in [0, 0.05) is 25.4 Å². The minimum Gasteiger partial charge on any atom is -0.378 e. The van der Waals surface area contributed by atoms with Crippen molar-refractivity contribution in [1.29, 1.82) is 0 Å². The Morgan fingerprint density at radius 2 is 2.26 bits per heavy atom. The van der Waals surface area contributed by atoms with Gasteiger partial charge in [0.1, 0.15) is 11.9 Å². The van der Waals surface area contributed by atoms with Crippen molar-refractivity contribution in [2.24, 2.45) is 24.8 Å². The number of imidazole rings is 1. The van der Waals surface area contributed by atoms with E-state index in [-0.39, 0.29) is 12.2 Å². The van der Waals surface area contributed by atoms with E-state index in [9.17, 15) is 0 Å². The Morgan fingerprint density at radius 3 is 2.95 bits per heavy atom. The largest absolute Gasteiger partial charge is 0.378 e. The van der Waals surface area contributed by atoms with Crippen molar-refractivity contribution in [1.82, 2.24) is 9.55 Å². The zero-order chi connectivity index (χ0) is 13.4. The number of aryl methyl sites for hydroxylation is 1. The molecule has 2 fully saturated rings. The van der Waals surface area contributed by atoms with Gasteiger partial charge in [0.15, 0.2) is 0 Å². The number of hydrogen-bond acceptors (Lipinski definition) is 3. The van der Waals surface area contributed by atoms with Gasteiger partial charge in [-0.05, 0) is 24.7 Å². The summed E-state index contributed by atoms with van der Waals surface area (Å²) in [7, 11) is 2.04. The maximum absolute atomic E-state index is 6.24. The van der Waals surface area contributed by atoms with Crippen molar-refractivity contribution in [3.8, 4) is 0 Å². The lowest BCUT2D eigenvalue weighted by Crippen LogP contribution is -2.38. The summed E-state index contributed by atoms with van der Waals surface area (Å²) >= 11 is 0. The fourth-order valence-electron chi connectivity index (χ4n) is 3.58. The molecule has 0 spiro atoms. The Morgan fingerprint density at radius 1 is 1.42 bits per heavy atom. The molecule has 2 unspecified atom stereocenters. The molecule has 0 amide bonds. The number of ether oxygens (including phenoxy) is 2. The van der Waals surface area contributed by atoms with Crippen LogP contribution >= 0.6 is 0 Å². The first-order chi connectivity index (χ1) is 9.15. The molecule has 0 saturated carbocycles. The van der Waals surface area contributed by atoms with Crippen molar-refractivity contribution in [3.63, 3.8) is 0 Å². The average molecular weight is 264 g/mol. The van der Waals surface area contributed by atoms with Gasteiger partial charge < -0.3 is 14.0 Å². The third-order valence-corrected chi connectivity index (χ3v) is 4.45. The molecule has 0 aromatic carbocycles. The Balaban J connectivity index is 1.79. The molecule has 0 radical (unpaired) electrons. The number of nitrogens with zero attached hydrogens (tertiary/aromatic N) is 2. The summed E-state index contributed by atoms with van der Waals surface area (Å²) in [5.74, 6) is 3.06. The van der Waals surface area contributed by atoms with E-state index in [0.29, 0.717) is 11.8 Å². The van der Waals surface area contributed by atoms with E-state index in [1.165, 1.54) is 6.42 Å². The van der Waals surface area contributed by atoms with Crippen molar-refractivity contribution in [3.05, 3.63) is 18.2 Å². The molecule has 106 valence electrons. The van der Waals surface area contributed by atoms with Crippen LogP contribution in [-0.4, -0.2) is 28.9 Å². The van der Waals surface area contributed by atoms with Gasteiger partial charge in [-0.25, -0.2) is 4.98 Å². The Hall–Kier alpha value is -0.870. The maximum Gasteiger partial charge on any atom is 0.137 e. The normalized spacial score (nSPS) is 34.7. The van der Waals surface area contributed by atoms with Crippen LogP contribution in [0.4, 0.5) is 0 Å². The molecule has 0 aliphatic carbocycles. The highest BCUT2D eigenvalue weighted by Crippen LogP contribution is 2.43. The molecule has 0 bridgehead atoms. The van der Waals surface area contributed by atoms with Crippen LogP contribution in [0.5, 0.6) is 0 Å². The monoisotopic (exact) mass is 264 g/mol. The van der Waals surface area contributed by atoms with Gasteiger partial charge in [-0.3, -0.25) is 0 Å². The summed E-state index contributed by atoms with van der Waals surface area (Å²) < 4.78 is 14.0. The Kier molecular flexibility index (Phi) is 3.63. The summed E-state index contributed by atoms with van der Waals surface area (Å²) in [5.41, 5.74) is 0. The second-order valence-corrected chi connectivity index (χ2v) is 6.39. The summed E-state index contributed by atoms with van der Waals surface area (Å²) in [4.78, 5) is 4.46. The molecule has 2 aliphatic heterocycles. The molecule has 4 atom stereocenters. The van der Waals surface area contributed by atoms with E-state index < -0.39 is 0 Å². The fourth-order valence-corrected chi connectivity index (χ4v) is 3.58. The van der Waals surface area contributed by atoms with Crippen molar-refractivity contribution in [2.45, 2.75) is 38.9 Å². The van der Waals surface area contributed by atoms with E-state index in [1.807, 2.05) is 19.4 Å². The standard InChI is InChI=1S/C15H24N2O2/c1-10(2)6-11-7-13(15-16-4-5-17(15)3)19-14-9-18-8-12(11)14/h4-5,10-14H,6-9H2,1-3H3/t11?,12?,13-,14-/m1/s1. The number of fused-ring (bicyclic) bond motifs is 1. The topological polar surface area (TPSA) is 36.3 Å². The van der Waals surface area contributed by atoms with E-state index in [0.717, 1.165) is 31.4 Å². The fraction of sp³-hybridized carbons (Fsp3) is 0.800. The van der Waals surface area contributed by atoms with Crippen LogP contribution in [-0.2, 0) is 16.5 Å². The minimum atomic E-state index is 0.131. The zero-order valence-electron chi connectivity index (χ0n) is 12.1. The van der Waals surface area contributed by atoms with Crippen LogP contribution in [0.1, 0.15) is 38.6 Å². The molecular weight excluding hydrogens is 240 g/mol. The van der Waals surface area contributed by atoms with Crippen LogP contribution in [0.3, 0.4) is 0 Å². The predicted molar refractivity (Wildman–Crippen MR) is 72.7 cm³/mol. The number of rotatable bonds is 3. The molecule has 2 saturated heterocycles. The molecule has 4 nitrogen and oxygen atoms in total. The lowest BCUT2D eigenvalue weighted by molar-refractivity contribution is -0.0995. The molecule has 4 heteroatoms. The first kappa shape index (κ1) is 13.1. The summed E-state index contributed by atoms with van der Waals surface area (Å²) in [6.07, 6.45) is 6.58. The third-order valence-electron chi connectivity index (χ3n) is 4.45. The van der Waals surface area contributed by atoms with Gasteiger partial charge in [-0.2, -0.15) is 0 Å². The van der Waals surface area contributed by atoms with Gasteiger partial charge >= 0.3 is 0 Å². The quantitative estimate of drug-likeness (QED) is 0.842.